The first-order valence-electron chi connectivity index (χ1n) is 6.24. The van der Waals surface area contributed by atoms with Gasteiger partial charge in [-0.25, -0.2) is 8.78 Å². The van der Waals surface area contributed by atoms with Crippen molar-refractivity contribution in [2.75, 3.05) is 33.2 Å². The summed E-state index contributed by atoms with van der Waals surface area (Å²) in [4.78, 5) is 2.05. The van der Waals surface area contributed by atoms with E-state index in [0.29, 0.717) is 12.5 Å². The quantitative estimate of drug-likeness (QED) is 0.785. The van der Waals surface area contributed by atoms with Gasteiger partial charge in [0.05, 0.1) is 0 Å². The summed E-state index contributed by atoms with van der Waals surface area (Å²) in [6.07, 6.45) is 3.57. The Hall–Kier alpha value is -0.220. The molecule has 1 rings (SSSR count). The van der Waals surface area contributed by atoms with Gasteiger partial charge >= 0.3 is 0 Å². The van der Waals surface area contributed by atoms with E-state index in [1.807, 2.05) is 11.9 Å². The highest BCUT2D eigenvalue weighted by Crippen LogP contribution is 2.18. The van der Waals surface area contributed by atoms with Crippen LogP contribution in [0.5, 0.6) is 0 Å². The Morgan fingerprint density at radius 3 is 2.75 bits per heavy atom. The topological polar surface area (TPSA) is 15.3 Å². The van der Waals surface area contributed by atoms with Gasteiger partial charge in [-0.2, -0.15) is 0 Å². The number of nitrogens with one attached hydrogen (secondary N) is 1. The molecule has 0 aliphatic carbocycles. The highest BCUT2D eigenvalue weighted by Gasteiger charge is 2.22. The van der Waals surface area contributed by atoms with Crippen molar-refractivity contribution in [3.8, 4) is 0 Å². The first kappa shape index (κ1) is 13.8. The summed E-state index contributed by atoms with van der Waals surface area (Å²) in [6, 6.07) is 0. The van der Waals surface area contributed by atoms with Crippen molar-refractivity contribution in [2.45, 2.75) is 38.5 Å². The minimum Gasteiger partial charge on any atom is -0.317 e. The van der Waals surface area contributed by atoms with Gasteiger partial charge in [0.15, 0.2) is 0 Å². The van der Waals surface area contributed by atoms with E-state index in [1.165, 1.54) is 19.3 Å². The van der Waals surface area contributed by atoms with Crippen molar-refractivity contribution < 1.29 is 8.78 Å². The normalized spacial score (nSPS) is 23.4. The Labute approximate surface area is 97.4 Å². The van der Waals surface area contributed by atoms with E-state index < -0.39 is 5.92 Å². The molecular formula is C12H24F2N2. The molecule has 0 aromatic rings. The molecule has 0 aromatic carbocycles. The maximum atomic E-state index is 12.7. The van der Waals surface area contributed by atoms with Gasteiger partial charge in [0, 0.05) is 19.5 Å². The molecule has 1 aliphatic rings. The highest BCUT2D eigenvalue weighted by atomic mass is 19.3. The van der Waals surface area contributed by atoms with Crippen LogP contribution in [0.1, 0.15) is 32.6 Å². The van der Waals surface area contributed by atoms with Crippen LogP contribution in [0.15, 0.2) is 0 Å². The van der Waals surface area contributed by atoms with Crippen molar-refractivity contribution in [2.24, 2.45) is 5.92 Å². The van der Waals surface area contributed by atoms with Gasteiger partial charge in [0.2, 0.25) is 5.92 Å². The SMILES string of the molecule is CN(CCC(C)(F)F)CC1CCCNCC1. The van der Waals surface area contributed by atoms with Crippen molar-refractivity contribution in [3.05, 3.63) is 0 Å². The molecule has 1 N–H and O–H groups in total. The number of alkyl halides is 2. The molecule has 0 amide bonds. The first-order valence-corrected chi connectivity index (χ1v) is 6.24. The molecule has 1 fully saturated rings. The third kappa shape index (κ3) is 6.38. The molecule has 0 saturated carbocycles. The average molecular weight is 234 g/mol. The molecule has 1 saturated heterocycles. The Kier molecular flexibility index (Phi) is 5.62. The lowest BCUT2D eigenvalue weighted by atomic mass is 10.00. The predicted molar refractivity (Wildman–Crippen MR) is 62.9 cm³/mol. The fourth-order valence-corrected chi connectivity index (χ4v) is 2.19. The molecular weight excluding hydrogens is 210 g/mol. The van der Waals surface area contributed by atoms with E-state index in [2.05, 4.69) is 5.32 Å². The Bertz CT molecular complexity index is 184. The van der Waals surface area contributed by atoms with Crippen LogP contribution in [0.3, 0.4) is 0 Å². The molecule has 1 aliphatic heterocycles. The fourth-order valence-electron chi connectivity index (χ4n) is 2.19. The smallest absolute Gasteiger partial charge is 0.246 e. The standard InChI is InChI=1S/C12H24F2N2/c1-12(13,14)6-9-16(2)10-11-4-3-7-15-8-5-11/h11,15H,3-10H2,1-2H3. The zero-order chi connectivity index (χ0) is 12.0. The number of rotatable bonds is 5. The van der Waals surface area contributed by atoms with Crippen LogP contribution < -0.4 is 5.32 Å². The fraction of sp³-hybridized carbons (Fsp3) is 1.00. The average Bonchev–Trinajstić information content (AvgIpc) is 2.42. The van der Waals surface area contributed by atoms with Gasteiger partial charge in [-0.05, 0) is 52.2 Å². The molecule has 0 bridgehead atoms. The first-order chi connectivity index (χ1) is 7.47. The van der Waals surface area contributed by atoms with E-state index in [9.17, 15) is 8.78 Å². The van der Waals surface area contributed by atoms with E-state index in [-0.39, 0.29) is 6.42 Å². The number of nitrogens with zero attached hydrogens (tertiary/aromatic N) is 1. The molecule has 1 heterocycles. The molecule has 1 unspecified atom stereocenters. The van der Waals surface area contributed by atoms with Crippen LogP contribution in [0.25, 0.3) is 0 Å². The third-order valence-corrected chi connectivity index (χ3v) is 3.20. The number of halogens is 2. The lowest BCUT2D eigenvalue weighted by molar-refractivity contribution is 0.00410. The van der Waals surface area contributed by atoms with E-state index in [0.717, 1.165) is 26.6 Å². The van der Waals surface area contributed by atoms with E-state index >= 15 is 0 Å². The molecule has 2 nitrogen and oxygen atoms in total. The molecule has 0 spiro atoms. The zero-order valence-corrected chi connectivity index (χ0v) is 10.4. The summed E-state index contributed by atoms with van der Waals surface area (Å²) in [7, 11) is 1.95. The summed E-state index contributed by atoms with van der Waals surface area (Å²) < 4.78 is 25.4. The van der Waals surface area contributed by atoms with Crippen LogP contribution in [-0.4, -0.2) is 44.0 Å². The van der Waals surface area contributed by atoms with Crippen LogP contribution in [0.4, 0.5) is 8.78 Å². The third-order valence-electron chi connectivity index (χ3n) is 3.20. The van der Waals surface area contributed by atoms with Crippen molar-refractivity contribution in [1.82, 2.24) is 10.2 Å². The van der Waals surface area contributed by atoms with Crippen molar-refractivity contribution in [3.63, 3.8) is 0 Å². The van der Waals surface area contributed by atoms with E-state index in [4.69, 9.17) is 0 Å². The minimum atomic E-state index is -2.53. The summed E-state index contributed by atoms with van der Waals surface area (Å²) >= 11 is 0. The Morgan fingerprint density at radius 2 is 2.06 bits per heavy atom. The monoisotopic (exact) mass is 234 g/mol. The molecule has 16 heavy (non-hydrogen) atoms. The second-order valence-electron chi connectivity index (χ2n) is 5.13. The van der Waals surface area contributed by atoms with Gasteiger partial charge in [0.1, 0.15) is 0 Å². The Morgan fingerprint density at radius 1 is 1.31 bits per heavy atom. The Balaban J connectivity index is 2.19. The molecule has 0 radical (unpaired) electrons. The summed E-state index contributed by atoms with van der Waals surface area (Å²) in [5, 5.41) is 3.37. The minimum absolute atomic E-state index is 0.0333. The maximum absolute atomic E-state index is 12.7. The number of hydrogen-bond donors (Lipinski definition) is 1. The van der Waals surface area contributed by atoms with Crippen LogP contribution in [0.2, 0.25) is 0 Å². The van der Waals surface area contributed by atoms with Crippen molar-refractivity contribution in [1.29, 1.82) is 0 Å². The largest absolute Gasteiger partial charge is 0.317 e. The maximum Gasteiger partial charge on any atom is 0.246 e. The lowest BCUT2D eigenvalue weighted by Crippen LogP contribution is -2.30. The van der Waals surface area contributed by atoms with Crippen LogP contribution in [-0.2, 0) is 0 Å². The predicted octanol–water partition coefficient (Wildman–Crippen LogP) is 2.35. The number of hydrogen-bond acceptors (Lipinski definition) is 2. The molecule has 0 aromatic heterocycles. The lowest BCUT2D eigenvalue weighted by Gasteiger charge is -2.24. The molecule has 4 heteroatoms. The van der Waals surface area contributed by atoms with Crippen LogP contribution in [0, 0.1) is 5.92 Å². The van der Waals surface area contributed by atoms with Gasteiger partial charge in [-0.3, -0.25) is 0 Å². The van der Waals surface area contributed by atoms with Crippen LogP contribution >= 0.6 is 0 Å². The summed E-state index contributed by atoms with van der Waals surface area (Å²) in [5.74, 6) is -1.86. The van der Waals surface area contributed by atoms with E-state index in [1.54, 1.807) is 0 Å². The van der Waals surface area contributed by atoms with Gasteiger partial charge < -0.3 is 10.2 Å². The second kappa shape index (κ2) is 6.50. The van der Waals surface area contributed by atoms with Crippen molar-refractivity contribution >= 4 is 0 Å². The highest BCUT2D eigenvalue weighted by molar-refractivity contribution is 4.70. The van der Waals surface area contributed by atoms with Gasteiger partial charge in [-0.1, -0.05) is 0 Å². The molecule has 1 atom stereocenters. The van der Waals surface area contributed by atoms with Gasteiger partial charge in [-0.15, -0.1) is 0 Å². The summed E-state index contributed by atoms with van der Waals surface area (Å²) in [5.41, 5.74) is 0. The second-order valence-corrected chi connectivity index (χ2v) is 5.13. The summed E-state index contributed by atoms with van der Waals surface area (Å²) in [6.45, 7) is 4.62. The molecule has 96 valence electrons. The zero-order valence-electron chi connectivity index (χ0n) is 10.4. The van der Waals surface area contributed by atoms with Gasteiger partial charge in [0.25, 0.3) is 0 Å².